The van der Waals surface area contributed by atoms with Crippen LogP contribution in [0, 0.1) is 5.92 Å². The molecule has 1 aliphatic carbocycles. The molecule has 110 valence electrons. The van der Waals surface area contributed by atoms with Crippen molar-refractivity contribution in [2.24, 2.45) is 5.92 Å². The standard InChI is InChI=1S/C15H18Cl3NO/c1-10-3-2-4-15(8-10,9-16)19-14(20)11-5-12(17)7-13(18)6-11/h5-7,10H,2-4,8-9H2,1H3,(H,19,20). The Labute approximate surface area is 134 Å². The van der Waals surface area contributed by atoms with Crippen molar-refractivity contribution in [1.29, 1.82) is 0 Å². The van der Waals surface area contributed by atoms with Gasteiger partial charge in [0.15, 0.2) is 0 Å². The monoisotopic (exact) mass is 333 g/mol. The van der Waals surface area contributed by atoms with E-state index in [4.69, 9.17) is 34.8 Å². The maximum Gasteiger partial charge on any atom is 0.251 e. The third kappa shape index (κ3) is 3.81. The predicted octanol–water partition coefficient (Wildman–Crippen LogP) is 4.91. The van der Waals surface area contributed by atoms with E-state index in [-0.39, 0.29) is 11.4 Å². The number of hydrogen-bond acceptors (Lipinski definition) is 1. The van der Waals surface area contributed by atoms with Crippen LogP contribution in [-0.2, 0) is 0 Å². The zero-order valence-electron chi connectivity index (χ0n) is 11.4. The van der Waals surface area contributed by atoms with Gasteiger partial charge in [0.2, 0.25) is 0 Å². The molecule has 1 aromatic rings. The Balaban J connectivity index is 2.16. The highest BCUT2D eigenvalue weighted by Crippen LogP contribution is 2.33. The van der Waals surface area contributed by atoms with E-state index in [1.54, 1.807) is 18.2 Å². The van der Waals surface area contributed by atoms with Crippen LogP contribution in [0.4, 0.5) is 0 Å². The number of amides is 1. The summed E-state index contributed by atoms with van der Waals surface area (Å²) in [7, 11) is 0. The molecule has 2 atom stereocenters. The molecule has 0 radical (unpaired) electrons. The lowest BCUT2D eigenvalue weighted by Gasteiger charge is -2.39. The van der Waals surface area contributed by atoms with Crippen LogP contribution in [0.3, 0.4) is 0 Å². The molecule has 0 bridgehead atoms. The van der Waals surface area contributed by atoms with Gasteiger partial charge in [-0.05, 0) is 37.0 Å². The third-order valence-electron chi connectivity index (χ3n) is 3.85. The van der Waals surface area contributed by atoms with Crippen LogP contribution in [0.15, 0.2) is 18.2 Å². The van der Waals surface area contributed by atoms with Gasteiger partial charge in [0.25, 0.3) is 5.91 Å². The third-order valence-corrected chi connectivity index (χ3v) is 4.80. The highest BCUT2D eigenvalue weighted by atomic mass is 35.5. The van der Waals surface area contributed by atoms with E-state index >= 15 is 0 Å². The van der Waals surface area contributed by atoms with E-state index in [2.05, 4.69) is 12.2 Å². The van der Waals surface area contributed by atoms with Crippen molar-refractivity contribution in [2.45, 2.75) is 38.1 Å². The summed E-state index contributed by atoms with van der Waals surface area (Å²) in [6, 6.07) is 4.85. The quantitative estimate of drug-likeness (QED) is 0.782. The molecule has 1 fully saturated rings. The number of carbonyl (C=O) groups excluding carboxylic acids is 1. The smallest absolute Gasteiger partial charge is 0.251 e. The molecule has 0 saturated heterocycles. The SMILES string of the molecule is CC1CCCC(CCl)(NC(=O)c2cc(Cl)cc(Cl)c2)C1. The van der Waals surface area contributed by atoms with Crippen LogP contribution >= 0.6 is 34.8 Å². The van der Waals surface area contributed by atoms with Crippen molar-refractivity contribution in [2.75, 3.05) is 5.88 Å². The Bertz CT molecular complexity index is 486. The highest BCUT2D eigenvalue weighted by Gasteiger charge is 2.35. The lowest BCUT2D eigenvalue weighted by molar-refractivity contribution is 0.0867. The van der Waals surface area contributed by atoms with Crippen molar-refractivity contribution >= 4 is 40.7 Å². The van der Waals surface area contributed by atoms with Crippen LogP contribution < -0.4 is 5.32 Å². The Morgan fingerprint density at radius 1 is 1.35 bits per heavy atom. The molecule has 2 rings (SSSR count). The van der Waals surface area contributed by atoms with Gasteiger partial charge in [-0.3, -0.25) is 4.79 Å². The van der Waals surface area contributed by atoms with Gasteiger partial charge in [-0.25, -0.2) is 0 Å². The first kappa shape index (κ1) is 15.9. The minimum atomic E-state index is -0.314. The second kappa shape index (κ2) is 6.55. The molecule has 2 nitrogen and oxygen atoms in total. The van der Waals surface area contributed by atoms with Crippen molar-refractivity contribution in [1.82, 2.24) is 5.32 Å². The molecule has 20 heavy (non-hydrogen) atoms. The van der Waals surface area contributed by atoms with Gasteiger partial charge in [0.05, 0.1) is 5.54 Å². The normalized spacial score (nSPS) is 26.3. The zero-order valence-corrected chi connectivity index (χ0v) is 13.7. The highest BCUT2D eigenvalue weighted by molar-refractivity contribution is 6.35. The minimum absolute atomic E-state index is 0.163. The van der Waals surface area contributed by atoms with Gasteiger partial charge in [-0.15, -0.1) is 11.6 Å². The first-order valence-corrected chi connectivity index (χ1v) is 8.08. The maximum absolute atomic E-state index is 12.4. The van der Waals surface area contributed by atoms with Crippen LogP contribution in [0.1, 0.15) is 43.0 Å². The molecule has 0 heterocycles. The Morgan fingerprint density at radius 2 is 2.00 bits per heavy atom. The summed E-state index contributed by atoms with van der Waals surface area (Å²) in [5.74, 6) is 0.840. The number of nitrogens with one attached hydrogen (secondary N) is 1. The van der Waals surface area contributed by atoms with E-state index in [0.29, 0.717) is 27.4 Å². The van der Waals surface area contributed by atoms with Crippen LogP contribution in [0.5, 0.6) is 0 Å². The number of benzene rings is 1. The molecular weight excluding hydrogens is 317 g/mol. The Hall–Kier alpha value is -0.440. The average Bonchev–Trinajstić information content (AvgIpc) is 2.37. The molecule has 1 amide bonds. The molecule has 1 saturated carbocycles. The fourth-order valence-electron chi connectivity index (χ4n) is 2.93. The summed E-state index contributed by atoms with van der Waals surface area (Å²) >= 11 is 18.0. The number of hydrogen-bond donors (Lipinski definition) is 1. The number of alkyl halides is 1. The summed E-state index contributed by atoms with van der Waals surface area (Å²) in [4.78, 5) is 12.4. The summed E-state index contributed by atoms with van der Waals surface area (Å²) in [6.45, 7) is 2.20. The Kier molecular flexibility index (Phi) is 5.22. The van der Waals surface area contributed by atoms with E-state index in [1.165, 1.54) is 6.42 Å². The molecule has 0 spiro atoms. The maximum atomic E-state index is 12.4. The van der Waals surface area contributed by atoms with Gasteiger partial charge in [0, 0.05) is 21.5 Å². The number of rotatable bonds is 3. The van der Waals surface area contributed by atoms with Gasteiger partial charge in [-0.2, -0.15) is 0 Å². The van der Waals surface area contributed by atoms with Crippen molar-refractivity contribution in [3.8, 4) is 0 Å². The van der Waals surface area contributed by atoms with Crippen LogP contribution in [0.2, 0.25) is 10.0 Å². The topological polar surface area (TPSA) is 29.1 Å². The molecule has 1 aliphatic rings. The predicted molar refractivity (Wildman–Crippen MR) is 85.0 cm³/mol. The molecule has 0 aliphatic heterocycles. The molecule has 2 unspecified atom stereocenters. The average molecular weight is 335 g/mol. The molecular formula is C15H18Cl3NO. The molecule has 1 N–H and O–H groups in total. The van der Waals surface area contributed by atoms with Crippen LogP contribution in [-0.4, -0.2) is 17.3 Å². The minimum Gasteiger partial charge on any atom is -0.345 e. The van der Waals surface area contributed by atoms with Crippen LogP contribution in [0.25, 0.3) is 0 Å². The first-order valence-electron chi connectivity index (χ1n) is 6.79. The lowest BCUT2D eigenvalue weighted by atomic mass is 9.77. The van der Waals surface area contributed by atoms with E-state index in [0.717, 1.165) is 19.3 Å². The first-order chi connectivity index (χ1) is 9.44. The van der Waals surface area contributed by atoms with E-state index in [9.17, 15) is 4.79 Å². The Morgan fingerprint density at radius 3 is 2.55 bits per heavy atom. The summed E-state index contributed by atoms with van der Waals surface area (Å²) in [5.41, 5.74) is 0.163. The number of halogens is 3. The second-order valence-corrected chi connectivity index (χ2v) is 6.87. The lowest BCUT2D eigenvalue weighted by Crippen LogP contribution is -2.52. The number of carbonyl (C=O) groups is 1. The summed E-state index contributed by atoms with van der Waals surface area (Å²) < 4.78 is 0. The van der Waals surface area contributed by atoms with Gasteiger partial charge >= 0.3 is 0 Å². The molecule has 1 aromatic carbocycles. The van der Waals surface area contributed by atoms with Gasteiger partial charge < -0.3 is 5.32 Å². The summed E-state index contributed by atoms with van der Waals surface area (Å²) in [6.07, 6.45) is 4.11. The van der Waals surface area contributed by atoms with Crippen molar-refractivity contribution in [3.05, 3.63) is 33.8 Å². The largest absolute Gasteiger partial charge is 0.345 e. The molecule has 5 heteroatoms. The summed E-state index contributed by atoms with van der Waals surface area (Å²) in [5, 5.41) is 4.01. The second-order valence-electron chi connectivity index (χ2n) is 5.73. The fourth-order valence-corrected chi connectivity index (χ4v) is 3.76. The van der Waals surface area contributed by atoms with Gasteiger partial charge in [0.1, 0.15) is 0 Å². The van der Waals surface area contributed by atoms with E-state index in [1.807, 2.05) is 0 Å². The zero-order chi connectivity index (χ0) is 14.8. The fraction of sp³-hybridized carbons (Fsp3) is 0.533. The van der Waals surface area contributed by atoms with E-state index < -0.39 is 0 Å². The van der Waals surface area contributed by atoms with Crippen molar-refractivity contribution in [3.63, 3.8) is 0 Å². The molecule has 0 aromatic heterocycles. The van der Waals surface area contributed by atoms with Crippen molar-refractivity contribution < 1.29 is 4.79 Å². The van der Waals surface area contributed by atoms with Gasteiger partial charge in [-0.1, -0.05) is 43.0 Å².